The highest BCUT2D eigenvalue weighted by atomic mass is 16.4. The SMILES string of the molecule is Cc1ccc(C)c(CC(=O)N[C@@H](CCO)C(=O)O)c1. The van der Waals surface area contributed by atoms with Gasteiger partial charge in [0.05, 0.1) is 6.42 Å². The molecule has 0 fully saturated rings. The van der Waals surface area contributed by atoms with Crippen LogP contribution in [0.3, 0.4) is 0 Å². The summed E-state index contributed by atoms with van der Waals surface area (Å²) in [5, 5.41) is 20.1. The van der Waals surface area contributed by atoms with Gasteiger partial charge in [-0.05, 0) is 25.0 Å². The molecule has 0 aliphatic rings. The van der Waals surface area contributed by atoms with E-state index in [0.29, 0.717) is 0 Å². The third-order valence-electron chi connectivity index (χ3n) is 2.91. The normalized spacial score (nSPS) is 11.9. The molecule has 0 unspecified atom stereocenters. The van der Waals surface area contributed by atoms with Crippen molar-refractivity contribution in [1.82, 2.24) is 5.32 Å². The third-order valence-corrected chi connectivity index (χ3v) is 2.91. The van der Waals surface area contributed by atoms with E-state index < -0.39 is 12.0 Å². The fraction of sp³-hybridized carbons (Fsp3) is 0.429. The molecule has 3 N–H and O–H groups in total. The van der Waals surface area contributed by atoms with Crippen LogP contribution in [-0.2, 0) is 16.0 Å². The predicted octanol–water partition coefficient (Wildman–Crippen LogP) is 0.798. The molecule has 1 amide bonds. The summed E-state index contributed by atoms with van der Waals surface area (Å²) in [6.07, 6.45) is 0.149. The molecule has 0 saturated carbocycles. The molecule has 0 bridgehead atoms. The molecule has 5 nitrogen and oxygen atoms in total. The van der Waals surface area contributed by atoms with Gasteiger partial charge in [0.25, 0.3) is 0 Å². The fourth-order valence-corrected chi connectivity index (χ4v) is 1.80. The number of rotatable bonds is 6. The standard InChI is InChI=1S/C14H19NO4/c1-9-3-4-10(2)11(7-9)8-13(17)15-12(5-6-16)14(18)19/h3-4,7,12,16H,5-6,8H2,1-2H3,(H,15,17)(H,18,19)/t12-/m0/s1. The number of aryl methyl sites for hydroxylation is 2. The number of amides is 1. The first-order valence-electron chi connectivity index (χ1n) is 6.13. The van der Waals surface area contributed by atoms with Gasteiger partial charge in [0.2, 0.25) is 5.91 Å². The van der Waals surface area contributed by atoms with Crippen molar-refractivity contribution in [3.8, 4) is 0 Å². The number of nitrogens with one attached hydrogen (secondary N) is 1. The van der Waals surface area contributed by atoms with Crippen molar-refractivity contribution < 1.29 is 19.8 Å². The largest absolute Gasteiger partial charge is 0.480 e. The van der Waals surface area contributed by atoms with Crippen molar-refractivity contribution in [2.24, 2.45) is 0 Å². The van der Waals surface area contributed by atoms with E-state index in [1.54, 1.807) is 0 Å². The summed E-state index contributed by atoms with van der Waals surface area (Å²) in [7, 11) is 0. The molecule has 0 saturated heterocycles. The van der Waals surface area contributed by atoms with Gasteiger partial charge < -0.3 is 15.5 Å². The van der Waals surface area contributed by atoms with Crippen molar-refractivity contribution in [2.45, 2.75) is 32.7 Å². The van der Waals surface area contributed by atoms with E-state index in [-0.39, 0.29) is 25.4 Å². The quantitative estimate of drug-likeness (QED) is 0.710. The number of carbonyl (C=O) groups excluding carboxylic acids is 1. The van der Waals surface area contributed by atoms with Crippen LogP contribution < -0.4 is 5.32 Å². The lowest BCUT2D eigenvalue weighted by Gasteiger charge is -2.14. The lowest BCUT2D eigenvalue weighted by atomic mass is 10.0. The van der Waals surface area contributed by atoms with Crippen LogP contribution in [0.5, 0.6) is 0 Å². The smallest absolute Gasteiger partial charge is 0.326 e. The maximum atomic E-state index is 11.8. The highest BCUT2D eigenvalue weighted by molar-refractivity contribution is 5.85. The number of aliphatic hydroxyl groups is 1. The second kappa shape index (κ2) is 6.89. The minimum atomic E-state index is -1.14. The summed E-state index contributed by atoms with van der Waals surface area (Å²) >= 11 is 0. The van der Waals surface area contributed by atoms with E-state index >= 15 is 0 Å². The van der Waals surface area contributed by atoms with Gasteiger partial charge in [0.1, 0.15) is 6.04 Å². The van der Waals surface area contributed by atoms with E-state index in [2.05, 4.69) is 5.32 Å². The van der Waals surface area contributed by atoms with E-state index in [1.807, 2.05) is 32.0 Å². The van der Waals surface area contributed by atoms with Gasteiger partial charge in [-0.1, -0.05) is 23.8 Å². The molecule has 19 heavy (non-hydrogen) atoms. The Labute approximate surface area is 112 Å². The van der Waals surface area contributed by atoms with Crippen molar-refractivity contribution in [1.29, 1.82) is 0 Å². The van der Waals surface area contributed by atoms with Gasteiger partial charge in [0, 0.05) is 13.0 Å². The molecule has 5 heteroatoms. The van der Waals surface area contributed by atoms with Crippen LogP contribution in [0.15, 0.2) is 18.2 Å². The van der Waals surface area contributed by atoms with Gasteiger partial charge in [-0.3, -0.25) is 4.79 Å². The van der Waals surface area contributed by atoms with Crippen molar-refractivity contribution in [2.75, 3.05) is 6.61 Å². The zero-order valence-electron chi connectivity index (χ0n) is 11.1. The van der Waals surface area contributed by atoms with Crippen LogP contribution in [0, 0.1) is 13.8 Å². The molecule has 1 aromatic carbocycles. The number of hydrogen-bond acceptors (Lipinski definition) is 3. The second-order valence-corrected chi connectivity index (χ2v) is 4.58. The summed E-state index contributed by atoms with van der Waals surface area (Å²) < 4.78 is 0. The summed E-state index contributed by atoms with van der Waals surface area (Å²) in [4.78, 5) is 22.7. The summed E-state index contributed by atoms with van der Waals surface area (Å²) in [6, 6.07) is 4.77. The lowest BCUT2D eigenvalue weighted by molar-refractivity contribution is -0.142. The van der Waals surface area contributed by atoms with E-state index in [4.69, 9.17) is 10.2 Å². The van der Waals surface area contributed by atoms with Gasteiger partial charge >= 0.3 is 5.97 Å². The number of aliphatic hydroxyl groups excluding tert-OH is 1. The Morgan fingerprint density at radius 3 is 2.58 bits per heavy atom. The summed E-state index contributed by atoms with van der Waals surface area (Å²) in [5.41, 5.74) is 2.93. The summed E-state index contributed by atoms with van der Waals surface area (Å²) in [6.45, 7) is 3.57. The molecule has 1 atom stereocenters. The Kier molecular flexibility index (Phi) is 5.51. The van der Waals surface area contributed by atoms with Crippen LogP contribution in [0.2, 0.25) is 0 Å². The maximum absolute atomic E-state index is 11.8. The first-order chi connectivity index (χ1) is 8.93. The topological polar surface area (TPSA) is 86.6 Å². The molecule has 1 aromatic rings. The lowest BCUT2D eigenvalue weighted by Crippen LogP contribution is -2.42. The van der Waals surface area contributed by atoms with Crippen molar-refractivity contribution >= 4 is 11.9 Å². The monoisotopic (exact) mass is 265 g/mol. The van der Waals surface area contributed by atoms with E-state index in [9.17, 15) is 9.59 Å². The molecule has 1 rings (SSSR count). The van der Waals surface area contributed by atoms with E-state index in [1.165, 1.54) is 0 Å². The highest BCUT2D eigenvalue weighted by Crippen LogP contribution is 2.11. The Morgan fingerprint density at radius 1 is 1.32 bits per heavy atom. The van der Waals surface area contributed by atoms with Crippen LogP contribution in [-0.4, -0.2) is 34.7 Å². The molecule has 104 valence electrons. The molecular weight excluding hydrogens is 246 g/mol. The van der Waals surface area contributed by atoms with Gasteiger partial charge in [-0.15, -0.1) is 0 Å². The third kappa shape index (κ3) is 4.71. The second-order valence-electron chi connectivity index (χ2n) is 4.58. The van der Waals surface area contributed by atoms with Crippen LogP contribution >= 0.6 is 0 Å². The predicted molar refractivity (Wildman–Crippen MR) is 70.9 cm³/mol. The summed E-state index contributed by atoms with van der Waals surface area (Å²) in [5.74, 6) is -1.49. The Balaban J connectivity index is 2.68. The van der Waals surface area contributed by atoms with Crippen molar-refractivity contribution in [3.05, 3.63) is 34.9 Å². The number of aliphatic carboxylic acids is 1. The molecule has 0 aliphatic heterocycles. The van der Waals surface area contributed by atoms with Gasteiger partial charge in [-0.2, -0.15) is 0 Å². The number of carbonyl (C=O) groups is 2. The van der Waals surface area contributed by atoms with Gasteiger partial charge in [0.15, 0.2) is 0 Å². The minimum Gasteiger partial charge on any atom is -0.480 e. The van der Waals surface area contributed by atoms with Crippen LogP contribution in [0.1, 0.15) is 23.1 Å². The minimum absolute atomic E-state index is 0.00781. The average Bonchev–Trinajstić information content (AvgIpc) is 2.33. The number of carboxylic acid groups (broad SMARTS) is 1. The molecule has 0 heterocycles. The maximum Gasteiger partial charge on any atom is 0.326 e. The van der Waals surface area contributed by atoms with Crippen LogP contribution in [0.25, 0.3) is 0 Å². The molecule has 0 aliphatic carbocycles. The van der Waals surface area contributed by atoms with Crippen molar-refractivity contribution in [3.63, 3.8) is 0 Å². The van der Waals surface area contributed by atoms with E-state index in [0.717, 1.165) is 16.7 Å². The zero-order valence-corrected chi connectivity index (χ0v) is 11.1. The number of benzene rings is 1. The molecule has 0 spiro atoms. The Bertz CT molecular complexity index is 471. The Hall–Kier alpha value is -1.88. The first-order valence-corrected chi connectivity index (χ1v) is 6.13. The average molecular weight is 265 g/mol. The highest BCUT2D eigenvalue weighted by Gasteiger charge is 2.19. The Morgan fingerprint density at radius 2 is 2.00 bits per heavy atom. The number of carboxylic acids is 1. The van der Waals surface area contributed by atoms with Crippen LogP contribution in [0.4, 0.5) is 0 Å². The molecule has 0 radical (unpaired) electrons. The fourth-order valence-electron chi connectivity index (χ4n) is 1.80. The first kappa shape index (κ1) is 15.2. The molecular formula is C14H19NO4. The number of hydrogen-bond donors (Lipinski definition) is 3. The zero-order chi connectivity index (χ0) is 14.4. The molecule has 0 aromatic heterocycles. The van der Waals surface area contributed by atoms with Gasteiger partial charge in [-0.25, -0.2) is 4.79 Å².